The minimum absolute atomic E-state index is 0.558. The molecule has 0 spiro atoms. The molecule has 0 aromatic rings. The molecule has 0 unspecified atom stereocenters. The van der Waals surface area contributed by atoms with Crippen molar-refractivity contribution in [1.29, 1.82) is 0 Å². The zero-order valence-corrected chi connectivity index (χ0v) is 22.7. The Morgan fingerprint density at radius 2 is 1.03 bits per heavy atom. The molecule has 0 amide bonds. The molecule has 0 aromatic carbocycles. The molecule has 4 saturated carbocycles. The van der Waals surface area contributed by atoms with Gasteiger partial charge in [-0.1, -0.05) is 26.2 Å². The van der Waals surface area contributed by atoms with E-state index in [1.54, 1.807) is 0 Å². The molecule has 4 rings (SSSR count). The molecule has 3 heteroatoms. The highest BCUT2D eigenvalue weighted by Crippen LogP contribution is 2.48. The Labute approximate surface area is 215 Å². The number of ether oxygens (including phenoxy) is 1. The van der Waals surface area contributed by atoms with Gasteiger partial charge in [-0.25, -0.2) is 0 Å². The van der Waals surface area contributed by atoms with Crippen LogP contribution in [0.25, 0.3) is 0 Å². The smallest absolute Gasteiger partial charge is 0.266 e. The van der Waals surface area contributed by atoms with Gasteiger partial charge in [0, 0.05) is 6.61 Å². The van der Waals surface area contributed by atoms with Gasteiger partial charge in [-0.05, 0) is 157 Å². The van der Waals surface area contributed by atoms with Crippen molar-refractivity contribution >= 4 is 0 Å². The first kappa shape index (κ1) is 27.6. The molecule has 0 radical (unpaired) electrons. The van der Waals surface area contributed by atoms with Gasteiger partial charge in [-0.2, -0.15) is 8.78 Å². The number of halogens is 2. The second-order valence-electron chi connectivity index (χ2n) is 13.0. The van der Waals surface area contributed by atoms with Gasteiger partial charge in [-0.15, -0.1) is 0 Å². The van der Waals surface area contributed by atoms with E-state index < -0.39 is 6.08 Å². The molecule has 4 fully saturated rings. The quantitative estimate of drug-likeness (QED) is 0.276. The first-order chi connectivity index (χ1) is 17.1. The molecular formula is C32H54F2O. The van der Waals surface area contributed by atoms with Crippen molar-refractivity contribution in [2.24, 2.45) is 41.4 Å². The van der Waals surface area contributed by atoms with Crippen LogP contribution in [0.15, 0.2) is 12.2 Å². The van der Waals surface area contributed by atoms with E-state index in [2.05, 4.69) is 6.92 Å². The third-order valence-corrected chi connectivity index (χ3v) is 11.0. The van der Waals surface area contributed by atoms with Gasteiger partial charge in [-0.3, -0.25) is 0 Å². The Kier molecular flexibility index (Phi) is 11.4. The van der Waals surface area contributed by atoms with E-state index in [4.69, 9.17) is 4.74 Å². The van der Waals surface area contributed by atoms with E-state index in [0.717, 1.165) is 54.6 Å². The van der Waals surface area contributed by atoms with Crippen molar-refractivity contribution in [1.82, 2.24) is 0 Å². The topological polar surface area (TPSA) is 9.23 Å². The van der Waals surface area contributed by atoms with Crippen molar-refractivity contribution in [3.63, 3.8) is 0 Å². The monoisotopic (exact) mass is 492 g/mol. The Bertz CT molecular complexity index is 597. The van der Waals surface area contributed by atoms with Crippen molar-refractivity contribution < 1.29 is 13.5 Å². The Morgan fingerprint density at radius 3 is 1.43 bits per heavy atom. The molecule has 0 N–H and O–H groups in total. The molecule has 0 saturated heterocycles. The maximum absolute atomic E-state index is 12.3. The Hall–Kier alpha value is -0.440. The third-order valence-electron chi connectivity index (χ3n) is 11.0. The van der Waals surface area contributed by atoms with Gasteiger partial charge in [0.15, 0.2) is 0 Å². The molecule has 0 atom stereocenters. The standard InChI is InChI=1S/C32H54F2O/c1-2-3-23-35-31-21-19-30(20-22-31)29-17-15-28(16-18-29)27-13-11-26(12-14-27)25-9-7-24(8-10-25)5-4-6-32(33)34/h6,24-31H,2-5,7-23H2,1H3. The lowest BCUT2D eigenvalue weighted by atomic mass is 9.63. The fourth-order valence-electron chi connectivity index (χ4n) is 8.67. The largest absolute Gasteiger partial charge is 0.378 e. The normalized spacial score (nSPS) is 38.7. The summed E-state index contributed by atoms with van der Waals surface area (Å²) in [5, 5.41) is 0. The SMILES string of the molecule is CCCCOC1CCC(C2CCC(C3CCC(C4CCC(CCC=C(F)F)CC4)CC3)CC2)CC1. The summed E-state index contributed by atoms with van der Waals surface area (Å²) in [5.41, 5.74) is 0. The molecule has 0 aromatic heterocycles. The molecule has 4 aliphatic carbocycles. The summed E-state index contributed by atoms with van der Waals surface area (Å²) in [6.45, 7) is 3.22. The minimum atomic E-state index is -1.50. The van der Waals surface area contributed by atoms with Crippen LogP contribution >= 0.6 is 0 Å². The lowest BCUT2D eigenvalue weighted by Crippen LogP contribution is -2.32. The van der Waals surface area contributed by atoms with Crippen LogP contribution in [-0.4, -0.2) is 12.7 Å². The molecular weight excluding hydrogens is 438 g/mol. The Morgan fingerprint density at radius 1 is 0.629 bits per heavy atom. The molecule has 0 bridgehead atoms. The molecule has 4 aliphatic rings. The first-order valence-corrected chi connectivity index (χ1v) is 15.7. The first-order valence-electron chi connectivity index (χ1n) is 15.7. The zero-order chi connectivity index (χ0) is 24.5. The lowest BCUT2D eigenvalue weighted by molar-refractivity contribution is 0.00399. The van der Waals surface area contributed by atoms with Gasteiger partial charge in [0.1, 0.15) is 0 Å². The number of hydrogen-bond acceptors (Lipinski definition) is 1. The predicted octanol–water partition coefficient (Wildman–Crippen LogP) is 10.3. The highest BCUT2D eigenvalue weighted by atomic mass is 19.3. The van der Waals surface area contributed by atoms with Gasteiger partial charge in [0.2, 0.25) is 0 Å². The highest BCUT2D eigenvalue weighted by Gasteiger charge is 2.36. The van der Waals surface area contributed by atoms with Gasteiger partial charge in [0.25, 0.3) is 6.08 Å². The van der Waals surface area contributed by atoms with Crippen LogP contribution in [0.5, 0.6) is 0 Å². The maximum Gasteiger partial charge on any atom is 0.266 e. The maximum atomic E-state index is 12.3. The van der Waals surface area contributed by atoms with Crippen molar-refractivity contribution in [3.05, 3.63) is 12.2 Å². The molecule has 1 nitrogen and oxygen atoms in total. The summed E-state index contributed by atoms with van der Waals surface area (Å²) in [6, 6.07) is 0. The van der Waals surface area contributed by atoms with Crippen LogP contribution in [-0.2, 0) is 4.74 Å². The Balaban J connectivity index is 1.09. The molecule has 35 heavy (non-hydrogen) atoms. The number of rotatable bonds is 10. The van der Waals surface area contributed by atoms with Crippen LogP contribution in [0.3, 0.4) is 0 Å². The summed E-state index contributed by atoms with van der Waals surface area (Å²) in [6.07, 6.45) is 26.9. The van der Waals surface area contributed by atoms with Crippen LogP contribution in [0.2, 0.25) is 0 Å². The average molecular weight is 493 g/mol. The molecule has 0 heterocycles. The zero-order valence-electron chi connectivity index (χ0n) is 22.7. The molecule has 0 aliphatic heterocycles. The van der Waals surface area contributed by atoms with E-state index in [1.165, 1.54) is 116 Å². The fourth-order valence-corrected chi connectivity index (χ4v) is 8.67. The second-order valence-corrected chi connectivity index (χ2v) is 13.0. The fraction of sp³-hybridized carbons (Fsp3) is 0.938. The summed E-state index contributed by atoms with van der Waals surface area (Å²) < 4.78 is 30.7. The summed E-state index contributed by atoms with van der Waals surface area (Å²) in [5.74, 6) is 6.59. The van der Waals surface area contributed by atoms with E-state index in [9.17, 15) is 8.78 Å². The summed E-state index contributed by atoms with van der Waals surface area (Å²) in [7, 11) is 0. The van der Waals surface area contributed by atoms with Gasteiger partial charge in [0.05, 0.1) is 6.10 Å². The number of unbranched alkanes of at least 4 members (excludes halogenated alkanes) is 1. The van der Waals surface area contributed by atoms with Crippen LogP contribution in [0.4, 0.5) is 8.78 Å². The van der Waals surface area contributed by atoms with E-state index in [-0.39, 0.29) is 0 Å². The van der Waals surface area contributed by atoms with E-state index >= 15 is 0 Å². The molecule has 202 valence electrons. The van der Waals surface area contributed by atoms with Gasteiger partial charge < -0.3 is 4.74 Å². The number of allylic oxidation sites excluding steroid dienone is 1. The van der Waals surface area contributed by atoms with Crippen LogP contribution < -0.4 is 0 Å². The van der Waals surface area contributed by atoms with Gasteiger partial charge >= 0.3 is 0 Å². The van der Waals surface area contributed by atoms with Crippen LogP contribution in [0.1, 0.15) is 135 Å². The highest BCUT2D eigenvalue weighted by molar-refractivity contribution is 4.88. The minimum Gasteiger partial charge on any atom is -0.378 e. The van der Waals surface area contributed by atoms with E-state index in [0.29, 0.717) is 18.4 Å². The predicted molar refractivity (Wildman–Crippen MR) is 142 cm³/mol. The lowest BCUT2D eigenvalue weighted by Gasteiger charge is -2.43. The van der Waals surface area contributed by atoms with Crippen LogP contribution in [0, 0.1) is 41.4 Å². The summed E-state index contributed by atoms with van der Waals surface area (Å²) in [4.78, 5) is 0. The average Bonchev–Trinajstić information content (AvgIpc) is 2.90. The van der Waals surface area contributed by atoms with Crippen molar-refractivity contribution in [3.8, 4) is 0 Å². The third kappa shape index (κ3) is 8.54. The second kappa shape index (κ2) is 14.5. The van der Waals surface area contributed by atoms with Crippen molar-refractivity contribution in [2.75, 3.05) is 6.61 Å². The van der Waals surface area contributed by atoms with E-state index in [1.807, 2.05) is 0 Å². The number of hydrogen-bond donors (Lipinski definition) is 0. The van der Waals surface area contributed by atoms with Crippen molar-refractivity contribution in [2.45, 2.75) is 141 Å². The summed E-state index contributed by atoms with van der Waals surface area (Å²) >= 11 is 0.